The molecule has 0 aromatic carbocycles. The highest BCUT2D eigenvalue weighted by Gasteiger charge is 2.23. The van der Waals surface area contributed by atoms with Gasteiger partial charge in [-0.2, -0.15) is 5.10 Å². The smallest absolute Gasteiger partial charge is 0.0903 e. The van der Waals surface area contributed by atoms with Crippen molar-refractivity contribution in [2.45, 2.75) is 46.2 Å². The molecule has 0 N–H and O–H groups in total. The van der Waals surface area contributed by atoms with Crippen LogP contribution in [0.4, 0.5) is 0 Å². The molecule has 1 aliphatic heterocycles. The van der Waals surface area contributed by atoms with Gasteiger partial charge in [-0.1, -0.05) is 0 Å². The van der Waals surface area contributed by atoms with Crippen molar-refractivity contribution < 1.29 is 4.74 Å². The second-order valence-electron chi connectivity index (χ2n) is 6.49. The van der Waals surface area contributed by atoms with Gasteiger partial charge in [-0.05, 0) is 36.9 Å². The molecule has 0 spiro atoms. The molecule has 0 fully saturated rings. The molecule has 1 atom stereocenters. The van der Waals surface area contributed by atoms with E-state index in [1.165, 1.54) is 16.1 Å². The number of nitrogens with zero attached hydrogens (tertiary/aromatic N) is 4. The number of rotatable bonds is 5. The molecule has 0 bridgehead atoms. The van der Waals surface area contributed by atoms with Gasteiger partial charge < -0.3 is 4.74 Å². The van der Waals surface area contributed by atoms with Crippen LogP contribution < -0.4 is 0 Å². The summed E-state index contributed by atoms with van der Waals surface area (Å²) >= 11 is 3.51. The van der Waals surface area contributed by atoms with Gasteiger partial charge in [-0.25, -0.2) is 4.98 Å². The van der Waals surface area contributed by atoms with E-state index >= 15 is 0 Å². The molecular weight excluding hydrogens is 352 g/mol. The van der Waals surface area contributed by atoms with Crippen molar-refractivity contribution in [3.63, 3.8) is 0 Å². The van der Waals surface area contributed by atoms with Crippen LogP contribution in [0.1, 0.15) is 26.8 Å². The maximum absolute atomic E-state index is 6.21. The number of ether oxygens (including phenoxy) is 1. The van der Waals surface area contributed by atoms with Gasteiger partial charge in [0.1, 0.15) is 0 Å². The molecule has 7 heteroatoms. The largest absolute Gasteiger partial charge is 0.369 e. The lowest BCUT2D eigenvalue weighted by atomic mass is 10.2. The van der Waals surface area contributed by atoms with Crippen LogP contribution >= 0.6 is 22.7 Å². The van der Waals surface area contributed by atoms with Crippen molar-refractivity contribution in [1.29, 1.82) is 0 Å². The Labute approximate surface area is 155 Å². The highest BCUT2D eigenvalue weighted by Crippen LogP contribution is 2.22. The Morgan fingerprint density at radius 3 is 2.92 bits per heavy atom. The average Bonchev–Trinajstić information content (AvgIpc) is 3.27. The molecule has 0 saturated carbocycles. The lowest BCUT2D eigenvalue weighted by Crippen LogP contribution is -2.32. The zero-order valence-electron chi connectivity index (χ0n) is 14.5. The van der Waals surface area contributed by atoms with Crippen LogP contribution in [-0.2, 0) is 31.0 Å². The fourth-order valence-electron chi connectivity index (χ4n) is 3.16. The zero-order chi connectivity index (χ0) is 17.2. The Balaban J connectivity index is 1.47. The second kappa shape index (κ2) is 7.37. The third-order valence-corrected chi connectivity index (χ3v) is 6.33. The summed E-state index contributed by atoms with van der Waals surface area (Å²) in [4.78, 5) is 8.40. The second-order valence-corrected chi connectivity index (χ2v) is 8.55. The molecule has 1 aliphatic rings. The highest BCUT2D eigenvalue weighted by atomic mass is 32.1. The van der Waals surface area contributed by atoms with Crippen LogP contribution in [0.2, 0.25) is 0 Å². The van der Waals surface area contributed by atoms with Gasteiger partial charge in [-0.15, -0.1) is 22.7 Å². The van der Waals surface area contributed by atoms with Crippen LogP contribution in [0.15, 0.2) is 29.1 Å². The van der Waals surface area contributed by atoms with Crippen molar-refractivity contribution in [3.05, 3.63) is 55.9 Å². The fourth-order valence-corrected chi connectivity index (χ4v) is 4.71. The minimum absolute atomic E-state index is 0.114. The summed E-state index contributed by atoms with van der Waals surface area (Å²) in [5, 5.41) is 9.81. The molecule has 3 aromatic rings. The Bertz CT molecular complexity index is 838. The maximum atomic E-state index is 6.21. The van der Waals surface area contributed by atoms with Gasteiger partial charge in [0, 0.05) is 36.1 Å². The molecule has 5 nitrogen and oxygen atoms in total. The van der Waals surface area contributed by atoms with Crippen LogP contribution in [0, 0.1) is 13.8 Å². The van der Waals surface area contributed by atoms with Gasteiger partial charge in [-0.3, -0.25) is 9.58 Å². The average molecular weight is 375 g/mol. The predicted molar refractivity (Wildman–Crippen MR) is 101 cm³/mol. The Morgan fingerprint density at radius 1 is 1.24 bits per heavy atom. The van der Waals surface area contributed by atoms with Gasteiger partial charge in [0.25, 0.3) is 0 Å². The Morgan fingerprint density at radius 2 is 2.16 bits per heavy atom. The molecule has 0 saturated heterocycles. The lowest BCUT2D eigenvalue weighted by Gasteiger charge is -2.23. The minimum Gasteiger partial charge on any atom is -0.369 e. The fraction of sp³-hybridized carbons (Fsp3) is 0.444. The van der Waals surface area contributed by atoms with E-state index in [9.17, 15) is 0 Å². The van der Waals surface area contributed by atoms with E-state index in [1.807, 2.05) is 24.5 Å². The number of hydrogen-bond acceptors (Lipinski definition) is 6. The van der Waals surface area contributed by atoms with E-state index in [-0.39, 0.29) is 6.10 Å². The molecule has 4 heterocycles. The van der Waals surface area contributed by atoms with Gasteiger partial charge in [0.05, 0.1) is 35.7 Å². The lowest BCUT2D eigenvalue weighted by molar-refractivity contribution is 0.00607. The first-order chi connectivity index (χ1) is 12.2. The van der Waals surface area contributed by atoms with E-state index in [1.54, 1.807) is 11.3 Å². The number of aromatic nitrogens is 3. The Hall–Kier alpha value is -1.54. The van der Waals surface area contributed by atoms with Gasteiger partial charge in [0.2, 0.25) is 0 Å². The van der Waals surface area contributed by atoms with Crippen LogP contribution in [0.3, 0.4) is 0 Å². The van der Waals surface area contributed by atoms with Crippen LogP contribution in [-0.4, -0.2) is 32.3 Å². The van der Waals surface area contributed by atoms with Crippen LogP contribution in [0.5, 0.6) is 0 Å². The molecule has 25 heavy (non-hydrogen) atoms. The normalized spacial score (nSPS) is 18.2. The van der Waals surface area contributed by atoms with Crippen molar-refractivity contribution in [3.8, 4) is 0 Å². The van der Waals surface area contributed by atoms with Crippen molar-refractivity contribution >= 4 is 22.7 Å². The summed E-state index contributed by atoms with van der Waals surface area (Å²) < 4.78 is 8.29. The summed E-state index contributed by atoms with van der Waals surface area (Å²) in [5.41, 5.74) is 3.65. The zero-order valence-corrected chi connectivity index (χ0v) is 16.1. The Kier molecular flexibility index (Phi) is 4.98. The van der Waals surface area contributed by atoms with Crippen molar-refractivity contribution in [2.75, 3.05) is 6.54 Å². The number of aryl methyl sites for hydroxylation is 2. The molecular formula is C18H22N4OS2. The molecule has 0 radical (unpaired) electrons. The monoisotopic (exact) mass is 374 g/mol. The first-order valence-electron chi connectivity index (χ1n) is 8.46. The van der Waals surface area contributed by atoms with E-state index in [2.05, 4.69) is 49.5 Å². The third-order valence-electron chi connectivity index (χ3n) is 4.50. The van der Waals surface area contributed by atoms with Crippen molar-refractivity contribution in [1.82, 2.24) is 19.7 Å². The topological polar surface area (TPSA) is 43.2 Å². The molecule has 0 unspecified atom stereocenters. The summed E-state index contributed by atoms with van der Waals surface area (Å²) in [5.74, 6) is 0. The third kappa shape index (κ3) is 4.00. The SMILES string of the molecule is Cc1nc(CO[C@@H]2CN(Cc3sccc3C)Cc3ccnn3C2)cs1. The first kappa shape index (κ1) is 16.9. The molecule has 132 valence electrons. The number of thiazole rings is 1. The van der Waals surface area contributed by atoms with E-state index < -0.39 is 0 Å². The summed E-state index contributed by atoms with van der Waals surface area (Å²) in [6, 6.07) is 4.31. The summed E-state index contributed by atoms with van der Waals surface area (Å²) in [6.45, 7) is 8.36. The number of thiophene rings is 1. The minimum atomic E-state index is 0.114. The highest BCUT2D eigenvalue weighted by molar-refractivity contribution is 7.10. The standard InChI is InChI=1S/C18H22N4OS2/c1-13-4-6-24-18(13)10-21-7-16-3-5-19-22(16)9-17(8-21)23-11-15-12-25-14(2)20-15/h3-6,12,17H,7-11H2,1-2H3/t17-/m1/s1. The van der Waals surface area contributed by atoms with Crippen LogP contribution in [0.25, 0.3) is 0 Å². The number of hydrogen-bond donors (Lipinski definition) is 0. The molecule has 3 aromatic heterocycles. The van der Waals surface area contributed by atoms with E-state index in [4.69, 9.17) is 4.74 Å². The van der Waals surface area contributed by atoms with E-state index in [0.717, 1.165) is 36.9 Å². The first-order valence-corrected chi connectivity index (χ1v) is 10.2. The van der Waals surface area contributed by atoms with Crippen molar-refractivity contribution in [2.24, 2.45) is 0 Å². The van der Waals surface area contributed by atoms with Gasteiger partial charge >= 0.3 is 0 Å². The summed E-state index contributed by atoms with van der Waals surface area (Å²) in [7, 11) is 0. The maximum Gasteiger partial charge on any atom is 0.0903 e. The van der Waals surface area contributed by atoms with E-state index in [0.29, 0.717) is 6.61 Å². The summed E-state index contributed by atoms with van der Waals surface area (Å²) in [6.07, 6.45) is 2.00. The quantitative estimate of drug-likeness (QED) is 0.684. The molecule has 4 rings (SSSR count). The predicted octanol–water partition coefficient (Wildman–Crippen LogP) is 3.62. The molecule has 0 aliphatic carbocycles. The molecule has 0 amide bonds. The number of fused-ring (bicyclic) bond motifs is 1. The van der Waals surface area contributed by atoms with Gasteiger partial charge in [0.15, 0.2) is 0 Å².